The third-order valence-electron chi connectivity index (χ3n) is 3.22. The highest BCUT2D eigenvalue weighted by Gasteiger charge is 2.08. The molecular formula is C16H29Cl2N3O. The highest BCUT2D eigenvalue weighted by atomic mass is 35.5. The van der Waals surface area contributed by atoms with Gasteiger partial charge in [-0.1, -0.05) is 26.0 Å². The second-order valence-electron chi connectivity index (χ2n) is 5.04. The fourth-order valence-corrected chi connectivity index (χ4v) is 2.27. The van der Waals surface area contributed by atoms with Gasteiger partial charge in [-0.3, -0.25) is 4.79 Å². The van der Waals surface area contributed by atoms with Crippen molar-refractivity contribution in [3.05, 3.63) is 29.8 Å². The third-order valence-corrected chi connectivity index (χ3v) is 3.22. The molecule has 0 heterocycles. The van der Waals surface area contributed by atoms with Gasteiger partial charge in [0.2, 0.25) is 0 Å². The minimum atomic E-state index is -0.0827. The van der Waals surface area contributed by atoms with Crippen molar-refractivity contribution in [3.8, 4) is 0 Å². The molecule has 4 nitrogen and oxygen atoms in total. The predicted molar refractivity (Wildman–Crippen MR) is 99.3 cm³/mol. The van der Waals surface area contributed by atoms with Crippen LogP contribution in [0.25, 0.3) is 0 Å². The molecule has 0 radical (unpaired) electrons. The Morgan fingerprint density at radius 2 is 1.68 bits per heavy atom. The van der Waals surface area contributed by atoms with Gasteiger partial charge in [-0.25, -0.2) is 0 Å². The standard InChI is InChI=1S/C16H27N3O.2ClH/c1-3-11-19(12-4-2)13-7-10-18-16(20)14-8-5-6-9-15(14)17;;/h5-6,8-9H,3-4,7,10-13,17H2,1-2H3,(H,18,20);2*1H. The number of carbonyl (C=O) groups is 1. The van der Waals surface area contributed by atoms with Crippen molar-refractivity contribution in [2.45, 2.75) is 33.1 Å². The van der Waals surface area contributed by atoms with Crippen LogP contribution in [0.2, 0.25) is 0 Å². The zero-order chi connectivity index (χ0) is 14.8. The summed E-state index contributed by atoms with van der Waals surface area (Å²) in [5.41, 5.74) is 6.88. The van der Waals surface area contributed by atoms with Crippen LogP contribution in [0.15, 0.2) is 24.3 Å². The summed E-state index contributed by atoms with van der Waals surface area (Å²) in [6, 6.07) is 7.17. The Hall–Kier alpha value is -0.970. The minimum Gasteiger partial charge on any atom is -0.398 e. The highest BCUT2D eigenvalue weighted by Crippen LogP contribution is 2.09. The molecule has 0 saturated carbocycles. The van der Waals surface area contributed by atoms with Crippen molar-refractivity contribution in [2.24, 2.45) is 0 Å². The Morgan fingerprint density at radius 1 is 1.09 bits per heavy atom. The van der Waals surface area contributed by atoms with Gasteiger partial charge in [0.05, 0.1) is 5.56 Å². The summed E-state index contributed by atoms with van der Waals surface area (Å²) >= 11 is 0. The van der Waals surface area contributed by atoms with Crippen molar-refractivity contribution in [2.75, 3.05) is 31.9 Å². The van der Waals surface area contributed by atoms with E-state index in [4.69, 9.17) is 5.73 Å². The Bertz CT molecular complexity index is 410. The first-order valence-electron chi connectivity index (χ1n) is 7.54. The second kappa shape index (κ2) is 13.7. The summed E-state index contributed by atoms with van der Waals surface area (Å²) < 4.78 is 0. The Kier molecular flexibility index (Phi) is 14.5. The number of halogens is 2. The first kappa shape index (κ1) is 23.3. The number of amides is 1. The lowest BCUT2D eigenvalue weighted by molar-refractivity contribution is 0.0952. The van der Waals surface area contributed by atoms with Gasteiger partial charge in [0.25, 0.3) is 5.91 Å². The molecule has 0 saturated heterocycles. The van der Waals surface area contributed by atoms with Crippen molar-refractivity contribution in [1.29, 1.82) is 0 Å². The number of nitrogens with zero attached hydrogens (tertiary/aromatic N) is 1. The number of rotatable bonds is 9. The molecule has 3 N–H and O–H groups in total. The Balaban J connectivity index is 0. The third kappa shape index (κ3) is 8.47. The SMILES string of the molecule is CCCN(CCC)CCCNC(=O)c1ccccc1N.Cl.Cl. The van der Waals surface area contributed by atoms with Crippen LogP contribution in [0.3, 0.4) is 0 Å². The van der Waals surface area contributed by atoms with E-state index in [2.05, 4.69) is 24.1 Å². The minimum absolute atomic E-state index is 0. The smallest absolute Gasteiger partial charge is 0.253 e. The van der Waals surface area contributed by atoms with Gasteiger partial charge >= 0.3 is 0 Å². The molecule has 0 atom stereocenters. The molecule has 1 amide bonds. The number of nitrogens with two attached hydrogens (primary N) is 1. The summed E-state index contributed by atoms with van der Waals surface area (Å²) in [4.78, 5) is 14.4. The summed E-state index contributed by atoms with van der Waals surface area (Å²) in [6.45, 7) is 8.38. The van der Waals surface area contributed by atoms with Crippen LogP contribution in [0.4, 0.5) is 5.69 Å². The van der Waals surface area contributed by atoms with E-state index in [1.165, 1.54) is 12.8 Å². The molecule has 0 unspecified atom stereocenters. The van der Waals surface area contributed by atoms with E-state index < -0.39 is 0 Å². The maximum Gasteiger partial charge on any atom is 0.253 e. The van der Waals surface area contributed by atoms with Gasteiger partial charge in [0.15, 0.2) is 0 Å². The van der Waals surface area contributed by atoms with E-state index in [0.29, 0.717) is 17.8 Å². The molecule has 6 heteroatoms. The van der Waals surface area contributed by atoms with Gasteiger partial charge in [0, 0.05) is 12.2 Å². The highest BCUT2D eigenvalue weighted by molar-refractivity contribution is 5.99. The lowest BCUT2D eigenvalue weighted by Crippen LogP contribution is -2.31. The summed E-state index contributed by atoms with van der Waals surface area (Å²) in [7, 11) is 0. The fraction of sp³-hybridized carbons (Fsp3) is 0.562. The summed E-state index contributed by atoms with van der Waals surface area (Å²) in [6.07, 6.45) is 3.32. The number of hydrogen-bond acceptors (Lipinski definition) is 3. The molecule has 1 rings (SSSR count). The van der Waals surface area contributed by atoms with Gasteiger partial charge < -0.3 is 16.0 Å². The molecule has 0 aliphatic carbocycles. The van der Waals surface area contributed by atoms with Gasteiger partial charge in [0.1, 0.15) is 0 Å². The fourth-order valence-electron chi connectivity index (χ4n) is 2.27. The van der Waals surface area contributed by atoms with Crippen molar-refractivity contribution < 1.29 is 4.79 Å². The number of hydrogen-bond donors (Lipinski definition) is 2. The molecule has 0 spiro atoms. The molecule has 0 fully saturated rings. The molecule has 0 aliphatic heterocycles. The zero-order valence-corrected chi connectivity index (χ0v) is 15.1. The van der Waals surface area contributed by atoms with E-state index >= 15 is 0 Å². The largest absolute Gasteiger partial charge is 0.398 e. The van der Waals surface area contributed by atoms with Gasteiger partial charge in [-0.05, 0) is 51.0 Å². The topological polar surface area (TPSA) is 58.4 Å². The summed E-state index contributed by atoms with van der Waals surface area (Å²) in [5.74, 6) is -0.0827. The molecule has 1 aromatic carbocycles. The number of benzene rings is 1. The number of anilines is 1. The van der Waals surface area contributed by atoms with Crippen LogP contribution in [0, 0.1) is 0 Å². The van der Waals surface area contributed by atoms with E-state index in [1.807, 2.05) is 12.1 Å². The first-order chi connectivity index (χ1) is 9.69. The molecule has 0 aromatic heterocycles. The normalized spacial score (nSPS) is 9.77. The van der Waals surface area contributed by atoms with Crippen molar-refractivity contribution >= 4 is 36.4 Å². The maximum absolute atomic E-state index is 12.0. The van der Waals surface area contributed by atoms with Crippen LogP contribution >= 0.6 is 24.8 Å². The average Bonchev–Trinajstić information content (AvgIpc) is 2.44. The van der Waals surface area contributed by atoms with E-state index in [0.717, 1.165) is 26.1 Å². The molecule has 128 valence electrons. The maximum atomic E-state index is 12.0. The molecule has 22 heavy (non-hydrogen) atoms. The van der Waals surface area contributed by atoms with E-state index in [1.54, 1.807) is 12.1 Å². The zero-order valence-electron chi connectivity index (χ0n) is 13.5. The van der Waals surface area contributed by atoms with Crippen LogP contribution < -0.4 is 11.1 Å². The molecule has 0 aliphatic rings. The predicted octanol–water partition coefficient (Wildman–Crippen LogP) is 3.35. The first-order valence-corrected chi connectivity index (χ1v) is 7.54. The lowest BCUT2D eigenvalue weighted by atomic mass is 10.1. The average molecular weight is 350 g/mol. The number of nitrogen functional groups attached to an aromatic ring is 1. The molecule has 1 aromatic rings. The van der Waals surface area contributed by atoms with Crippen LogP contribution in [-0.4, -0.2) is 37.0 Å². The number of nitrogens with one attached hydrogen (secondary N) is 1. The lowest BCUT2D eigenvalue weighted by Gasteiger charge is -2.20. The number of para-hydroxylation sites is 1. The van der Waals surface area contributed by atoms with E-state index in [-0.39, 0.29) is 30.7 Å². The van der Waals surface area contributed by atoms with Crippen molar-refractivity contribution in [3.63, 3.8) is 0 Å². The quantitative estimate of drug-likeness (QED) is 0.530. The van der Waals surface area contributed by atoms with Crippen LogP contribution in [-0.2, 0) is 0 Å². The second-order valence-corrected chi connectivity index (χ2v) is 5.04. The molecular weight excluding hydrogens is 321 g/mol. The van der Waals surface area contributed by atoms with E-state index in [9.17, 15) is 4.79 Å². The molecule has 0 bridgehead atoms. The Labute approximate surface area is 146 Å². The Morgan fingerprint density at radius 3 is 2.23 bits per heavy atom. The van der Waals surface area contributed by atoms with Gasteiger partial charge in [-0.15, -0.1) is 24.8 Å². The summed E-state index contributed by atoms with van der Waals surface area (Å²) in [5, 5.41) is 2.93. The van der Waals surface area contributed by atoms with Gasteiger partial charge in [-0.2, -0.15) is 0 Å². The monoisotopic (exact) mass is 349 g/mol. The number of carbonyl (C=O) groups excluding carboxylic acids is 1. The van der Waals surface area contributed by atoms with Crippen molar-refractivity contribution in [1.82, 2.24) is 10.2 Å². The van der Waals surface area contributed by atoms with Crippen LogP contribution in [0.5, 0.6) is 0 Å². The van der Waals surface area contributed by atoms with Crippen LogP contribution in [0.1, 0.15) is 43.5 Å².